The smallest absolute Gasteiger partial charge is 0.0483 e. The summed E-state index contributed by atoms with van der Waals surface area (Å²) in [6.45, 7) is 18.8. The largest absolute Gasteiger partial charge is 0.308 e. The molecule has 0 aliphatic carbocycles. The van der Waals surface area contributed by atoms with Crippen LogP contribution in [0.25, 0.3) is 0 Å². The average molecular weight is 199 g/mol. The summed E-state index contributed by atoms with van der Waals surface area (Å²) in [4.78, 5) is 0. The van der Waals surface area contributed by atoms with Gasteiger partial charge >= 0.3 is 0 Å². The van der Waals surface area contributed by atoms with Crippen LogP contribution >= 0.6 is 0 Å². The number of hydrogen-bond donors (Lipinski definition) is 1. The lowest BCUT2D eigenvalue weighted by molar-refractivity contribution is 0.444. The number of nitrogens with one attached hydrogen (secondary N) is 1. The van der Waals surface area contributed by atoms with Crippen LogP contribution in [0.5, 0.6) is 0 Å². The zero-order valence-electron chi connectivity index (χ0n) is 10.1. The molecule has 0 spiro atoms. The Balaban J connectivity index is 3.78. The molecule has 0 aromatic heterocycles. The molecule has 0 heterocycles. The zero-order valence-corrected chi connectivity index (χ0v) is 11.1. The highest BCUT2D eigenvalue weighted by atomic mass is 28.3. The molecule has 78 valence electrons. The molecule has 0 rings (SSSR count). The van der Waals surface area contributed by atoms with Crippen molar-refractivity contribution in [2.45, 2.75) is 52.0 Å². The molecular formula is C11H25NSi. The van der Waals surface area contributed by atoms with Gasteiger partial charge in [0.05, 0.1) is 0 Å². The summed E-state index contributed by atoms with van der Waals surface area (Å²) in [7, 11) is -0.956. The van der Waals surface area contributed by atoms with Crippen LogP contribution in [0.1, 0.15) is 20.8 Å². The minimum Gasteiger partial charge on any atom is -0.308 e. The van der Waals surface area contributed by atoms with Gasteiger partial charge in [-0.1, -0.05) is 31.8 Å². The molecule has 0 atom stereocenters. The second kappa shape index (κ2) is 4.42. The van der Waals surface area contributed by atoms with Crippen molar-refractivity contribution in [1.82, 2.24) is 5.32 Å². The van der Waals surface area contributed by atoms with Crippen molar-refractivity contribution < 1.29 is 0 Å². The predicted molar refractivity (Wildman–Crippen MR) is 65.0 cm³/mol. The van der Waals surface area contributed by atoms with Gasteiger partial charge in [0.25, 0.3) is 0 Å². The Hall–Kier alpha value is -0.0831. The molecule has 0 aliphatic rings. The van der Waals surface area contributed by atoms with E-state index in [9.17, 15) is 0 Å². The lowest BCUT2D eigenvalue weighted by Crippen LogP contribution is -2.37. The first-order valence-corrected chi connectivity index (χ1v) is 8.72. The Bertz CT molecular complexity index is 172. The molecule has 0 aromatic rings. The van der Waals surface area contributed by atoms with E-state index in [1.165, 1.54) is 11.6 Å². The third-order valence-electron chi connectivity index (χ3n) is 1.65. The summed E-state index contributed by atoms with van der Waals surface area (Å²) >= 11 is 0. The maximum atomic E-state index is 4.12. The molecule has 0 aliphatic heterocycles. The standard InChI is InChI=1S/C11H25NSi/c1-10(9-13(5,6)7)8-12-11(2,3)4/h12H,1,8-9H2,2-7H3. The van der Waals surface area contributed by atoms with E-state index in [1.807, 2.05) is 0 Å². The first-order chi connectivity index (χ1) is 5.60. The van der Waals surface area contributed by atoms with Crippen LogP contribution in [0.15, 0.2) is 12.2 Å². The van der Waals surface area contributed by atoms with Crippen LogP contribution < -0.4 is 5.32 Å². The van der Waals surface area contributed by atoms with Gasteiger partial charge in [0.1, 0.15) is 0 Å². The van der Waals surface area contributed by atoms with E-state index in [1.54, 1.807) is 0 Å². The summed E-state index contributed by atoms with van der Waals surface area (Å²) in [5.74, 6) is 0. The van der Waals surface area contributed by atoms with Gasteiger partial charge in [-0.2, -0.15) is 0 Å². The first-order valence-electron chi connectivity index (χ1n) is 5.02. The number of hydrogen-bond acceptors (Lipinski definition) is 1. The lowest BCUT2D eigenvalue weighted by atomic mass is 10.1. The number of rotatable bonds is 4. The van der Waals surface area contributed by atoms with Crippen molar-refractivity contribution in [3.63, 3.8) is 0 Å². The monoisotopic (exact) mass is 199 g/mol. The van der Waals surface area contributed by atoms with Crippen molar-refractivity contribution in [2.75, 3.05) is 6.54 Å². The molecule has 0 unspecified atom stereocenters. The van der Waals surface area contributed by atoms with E-state index in [0.717, 1.165) is 6.54 Å². The second-order valence-electron chi connectivity index (χ2n) is 6.09. The minimum absolute atomic E-state index is 0.211. The molecule has 0 amide bonds. The predicted octanol–water partition coefficient (Wildman–Crippen LogP) is 3.27. The Labute approximate surface area is 84.6 Å². The molecule has 0 bridgehead atoms. The normalized spacial score (nSPS) is 13.1. The SMILES string of the molecule is C=C(CNC(C)(C)C)C[Si](C)(C)C. The highest BCUT2D eigenvalue weighted by Crippen LogP contribution is 2.14. The molecule has 0 radical (unpaired) electrons. The quantitative estimate of drug-likeness (QED) is 0.541. The van der Waals surface area contributed by atoms with Crippen molar-refractivity contribution in [1.29, 1.82) is 0 Å². The fourth-order valence-electron chi connectivity index (χ4n) is 1.20. The van der Waals surface area contributed by atoms with E-state index in [0.29, 0.717) is 0 Å². The maximum absolute atomic E-state index is 4.12. The van der Waals surface area contributed by atoms with E-state index < -0.39 is 8.07 Å². The van der Waals surface area contributed by atoms with Gasteiger partial charge < -0.3 is 5.32 Å². The van der Waals surface area contributed by atoms with Crippen molar-refractivity contribution in [2.24, 2.45) is 0 Å². The van der Waals surface area contributed by atoms with Crippen molar-refractivity contribution in [3.05, 3.63) is 12.2 Å². The van der Waals surface area contributed by atoms with Gasteiger partial charge in [-0.3, -0.25) is 0 Å². The van der Waals surface area contributed by atoms with Gasteiger partial charge in [0.15, 0.2) is 0 Å². The molecule has 0 saturated heterocycles. The molecule has 1 N–H and O–H groups in total. The van der Waals surface area contributed by atoms with Gasteiger partial charge in [0.2, 0.25) is 0 Å². The summed E-state index contributed by atoms with van der Waals surface area (Å²) in [6.07, 6.45) is 0. The molecule has 1 nitrogen and oxygen atoms in total. The third-order valence-corrected chi connectivity index (χ3v) is 3.21. The molecule has 13 heavy (non-hydrogen) atoms. The topological polar surface area (TPSA) is 12.0 Å². The molecule has 0 aromatic carbocycles. The maximum Gasteiger partial charge on any atom is 0.0483 e. The van der Waals surface area contributed by atoms with E-state index in [2.05, 4.69) is 52.3 Å². The van der Waals surface area contributed by atoms with E-state index in [-0.39, 0.29) is 5.54 Å². The summed E-state index contributed by atoms with van der Waals surface area (Å²) in [5, 5.41) is 3.47. The van der Waals surface area contributed by atoms with Crippen LogP contribution in [-0.4, -0.2) is 20.2 Å². The van der Waals surface area contributed by atoms with Crippen LogP contribution in [-0.2, 0) is 0 Å². The summed E-state index contributed by atoms with van der Waals surface area (Å²) in [5.41, 5.74) is 1.57. The van der Waals surface area contributed by atoms with Gasteiger partial charge in [-0.25, -0.2) is 0 Å². The first kappa shape index (κ1) is 12.9. The van der Waals surface area contributed by atoms with Gasteiger partial charge in [-0.15, -0.1) is 0 Å². The molecule has 2 heteroatoms. The zero-order chi connectivity index (χ0) is 10.7. The van der Waals surface area contributed by atoms with Gasteiger partial charge in [-0.05, 0) is 26.8 Å². The third kappa shape index (κ3) is 9.83. The Morgan fingerprint density at radius 3 is 2.00 bits per heavy atom. The second-order valence-corrected chi connectivity index (χ2v) is 11.6. The Morgan fingerprint density at radius 1 is 1.23 bits per heavy atom. The van der Waals surface area contributed by atoms with Crippen LogP contribution in [0.4, 0.5) is 0 Å². The van der Waals surface area contributed by atoms with E-state index in [4.69, 9.17) is 0 Å². The van der Waals surface area contributed by atoms with E-state index >= 15 is 0 Å². The Kier molecular flexibility index (Phi) is 4.40. The van der Waals surface area contributed by atoms with Crippen molar-refractivity contribution >= 4 is 8.07 Å². The van der Waals surface area contributed by atoms with Gasteiger partial charge in [0, 0.05) is 20.2 Å². The highest BCUT2D eigenvalue weighted by Gasteiger charge is 2.15. The van der Waals surface area contributed by atoms with Crippen LogP contribution in [0.3, 0.4) is 0 Å². The minimum atomic E-state index is -0.956. The molecular weight excluding hydrogens is 174 g/mol. The molecule has 0 saturated carbocycles. The highest BCUT2D eigenvalue weighted by molar-refractivity contribution is 6.76. The molecule has 0 fully saturated rings. The van der Waals surface area contributed by atoms with Crippen molar-refractivity contribution in [3.8, 4) is 0 Å². The fraction of sp³-hybridized carbons (Fsp3) is 0.818. The summed E-state index contributed by atoms with van der Waals surface area (Å²) in [6, 6.07) is 1.23. The van der Waals surface area contributed by atoms with Crippen LogP contribution in [0, 0.1) is 0 Å². The summed E-state index contributed by atoms with van der Waals surface area (Å²) < 4.78 is 0. The fourth-order valence-corrected chi connectivity index (χ4v) is 2.83. The lowest BCUT2D eigenvalue weighted by Gasteiger charge is -2.24. The van der Waals surface area contributed by atoms with Crippen LogP contribution in [0.2, 0.25) is 25.7 Å². The Morgan fingerprint density at radius 2 is 1.69 bits per heavy atom. The average Bonchev–Trinajstić information content (AvgIpc) is 1.78.